The van der Waals surface area contributed by atoms with Crippen LogP contribution in [0.1, 0.15) is 38.8 Å². The third-order valence-corrected chi connectivity index (χ3v) is 4.36. The van der Waals surface area contributed by atoms with Crippen LogP contribution in [0.3, 0.4) is 0 Å². The molecule has 2 heterocycles. The van der Waals surface area contributed by atoms with Gasteiger partial charge in [-0.25, -0.2) is 15.0 Å². The first-order valence-corrected chi connectivity index (χ1v) is 7.05. The summed E-state index contributed by atoms with van der Waals surface area (Å²) < 4.78 is 1.71. The SMILES string of the molecule is CC1CCC(C(O)n2cnc3c(Cl)ncnc32)CC1. The number of aliphatic hydroxyl groups excluding tert-OH is 1. The van der Waals surface area contributed by atoms with E-state index in [-0.39, 0.29) is 5.92 Å². The predicted octanol–water partition coefficient (Wildman–Crippen LogP) is 2.80. The van der Waals surface area contributed by atoms with Gasteiger partial charge in [0.2, 0.25) is 0 Å². The van der Waals surface area contributed by atoms with Crippen LogP contribution in [-0.4, -0.2) is 24.6 Å². The predicted molar refractivity (Wildman–Crippen MR) is 72.7 cm³/mol. The van der Waals surface area contributed by atoms with Gasteiger partial charge in [-0.3, -0.25) is 4.57 Å². The standard InChI is InChI=1S/C13H17ClN4O/c1-8-2-4-9(5-3-8)13(19)18-7-17-10-11(14)15-6-16-12(10)18/h6-9,13,19H,2-5H2,1H3. The molecule has 6 heteroatoms. The molecule has 0 radical (unpaired) electrons. The highest BCUT2D eigenvalue weighted by Crippen LogP contribution is 2.35. The average molecular weight is 281 g/mol. The van der Waals surface area contributed by atoms with E-state index in [1.807, 2.05) is 0 Å². The Balaban J connectivity index is 1.89. The molecule has 19 heavy (non-hydrogen) atoms. The van der Waals surface area contributed by atoms with E-state index in [4.69, 9.17) is 11.6 Å². The number of aromatic nitrogens is 4. The Labute approximate surface area is 116 Å². The van der Waals surface area contributed by atoms with Crippen molar-refractivity contribution >= 4 is 22.8 Å². The van der Waals surface area contributed by atoms with Crippen molar-refractivity contribution < 1.29 is 5.11 Å². The van der Waals surface area contributed by atoms with Gasteiger partial charge in [0.15, 0.2) is 10.8 Å². The van der Waals surface area contributed by atoms with Gasteiger partial charge in [0.1, 0.15) is 18.1 Å². The van der Waals surface area contributed by atoms with E-state index in [9.17, 15) is 5.11 Å². The number of nitrogens with zero attached hydrogens (tertiary/aromatic N) is 4. The monoisotopic (exact) mass is 280 g/mol. The van der Waals surface area contributed by atoms with Gasteiger partial charge in [-0.15, -0.1) is 0 Å². The Kier molecular flexibility index (Phi) is 3.41. The average Bonchev–Trinajstić information content (AvgIpc) is 2.84. The van der Waals surface area contributed by atoms with Crippen molar-refractivity contribution in [2.24, 2.45) is 11.8 Å². The molecule has 5 nitrogen and oxygen atoms in total. The molecule has 102 valence electrons. The molecule has 0 spiro atoms. The Hall–Kier alpha value is -1.20. The molecule has 3 rings (SSSR count). The number of hydrogen-bond donors (Lipinski definition) is 1. The number of aliphatic hydroxyl groups is 1. The molecule has 0 aliphatic heterocycles. The molecule has 1 fully saturated rings. The molecular weight excluding hydrogens is 264 g/mol. The maximum atomic E-state index is 10.5. The van der Waals surface area contributed by atoms with Crippen LogP contribution in [0.2, 0.25) is 5.15 Å². The van der Waals surface area contributed by atoms with Crippen LogP contribution >= 0.6 is 11.6 Å². The summed E-state index contributed by atoms with van der Waals surface area (Å²) in [6.07, 6.45) is 6.85. The molecule has 1 aliphatic carbocycles. The smallest absolute Gasteiger partial charge is 0.166 e. The lowest BCUT2D eigenvalue weighted by atomic mass is 9.82. The quantitative estimate of drug-likeness (QED) is 0.859. The number of hydrogen-bond acceptors (Lipinski definition) is 4. The molecule has 0 saturated heterocycles. The summed E-state index contributed by atoms with van der Waals surface area (Å²) >= 11 is 5.97. The number of rotatable bonds is 2. The van der Waals surface area contributed by atoms with Crippen molar-refractivity contribution in [3.8, 4) is 0 Å². The van der Waals surface area contributed by atoms with Crippen molar-refractivity contribution in [1.82, 2.24) is 19.5 Å². The Bertz CT molecular complexity index is 577. The Morgan fingerprint density at radius 3 is 2.74 bits per heavy atom. The summed E-state index contributed by atoms with van der Waals surface area (Å²) in [6.45, 7) is 2.27. The fourth-order valence-corrected chi connectivity index (χ4v) is 3.01. The minimum Gasteiger partial charge on any atom is -0.373 e. The molecule has 0 amide bonds. The van der Waals surface area contributed by atoms with Gasteiger partial charge in [0.05, 0.1) is 6.33 Å². The molecule has 1 saturated carbocycles. The highest BCUT2D eigenvalue weighted by molar-refractivity contribution is 6.33. The normalized spacial score (nSPS) is 25.6. The first kappa shape index (κ1) is 12.8. The minimum absolute atomic E-state index is 0.266. The Morgan fingerprint density at radius 2 is 2.00 bits per heavy atom. The van der Waals surface area contributed by atoms with Crippen molar-refractivity contribution in [2.75, 3.05) is 0 Å². The van der Waals surface area contributed by atoms with Crippen LogP contribution < -0.4 is 0 Å². The third kappa shape index (κ3) is 2.32. The summed E-state index contributed by atoms with van der Waals surface area (Å²) in [4.78, 5) is 12.3. The maximum Gasteiger partial charge on any atom is 0.166 e. The van der Waals surface area contributed by atoms with Crippen molar-refractivity contribution in [3.63, 3.8) is 0 Å². The lowest BCUT2D eigenvalue weighted by Gasteiger charge is -2.30. The lowest BCUT2D eigenvalue weighted by molar-refractivity contribution is 0.0201. The fraction of sp³-hybridized carbons (Fsp3) is 0.615. The number of fused-ring (bicyclic) bond motifs is 1. The first-order chi connectivity index (χ1) is 9.16. The van der Waals surface area contributed by atoms with Crippen LogP contribution in [0.25, 0.3) is 11.2 Å². The van der Waals surface area contributed by atoms with Crippen molar-refractivity contribution in [2.45, 2.75) is 38.8 Å². The van der Waals surface area contributed by atoms with Gasteiger partial charge in [0.25, 0.3) is 0 Å². The van der Waals surface area contributed by atoms with E-state index in [1.54, 1.807) is 10.9 Å². The fourth-order valence-electron chi connectivity index (χ4n) is 2.83. The van der Waals surface area contributed by atoms with E-state index in [2.05, 4.69) is 21.9 Å². The summed E-state index contributed by atoms with van der Waals surface area (Å²) in [5.74, 6) is 1.03. The van der Waals surface area contributed by atoms with Crippen LogP contribution in [0.15, 0.2) is 12.7 Å². The molecule has 1 N–H and O–H groups in total. The van der Waals surface area contributed by atoms with Gasteiger partial charge in [-0.2, -0.15) is 0 Å². The van der Waals surface area contributed by atoms with Crippen molar-refractivity contribution in [3.05, 3.63) is 17.8 Å². The van der Waals surface area contributed by atoms with E-state index in [0.717, 1.165) is 18.8 Å². The molecule has 1 atom stereocenters. The second-order valence-electron chi connectivity index (χ2n) is 5.42. The van der Waals surface area contributed by atoms with Crippen LogP contribution in [0, 0.1) is 11.8 Å². The van der Waals surface area contributed by atoms with Crippen LogP contribution in [-0.2, 0) is 0 Å². The van der Waals surface area contributed by atoms with Crippen molar-refractivity contribution in [1.29, 1.82) is 0 Å². The zero-order valence-electron chi connectivity index (χ0n) is 10.8. The highest BCUT2D eigenvalue weighted by Gasteiger charge is 2.27. The zero-order chi connectivity index (χ0) is 13.4. The first-order valence-electron chi connectivity index (χ1n) is 6.68. The number of imidazole rings is 1. The lowest BCUT2D eigenvalue weighted by Crippen LogP contribution is -2.23. The molecule has 0 aromatic carbocycles. The summed E-state index contributed by atoms with van der Waals surface area (Å²) in [5.41, 5.74) is 1.15. The van der Waals surface area contributed by atoms with Gasteiger partial charge < -0.3 is 5.11 Å². The Morgan fingerprint density at radius 1 is 1.26 bits per heavy atom. The second-order valence-corrected chi connectivity index (χ2v) is 5.78. The molecule has 1 aliphatic rings. The van der Waals surface area contributed by atoms with Crippen LogP contribution in [0.4, 0.5) is 0 Å². The van der Waals surface area contributed by atoms with Gasteiger partial charge in [-0.05, 0) is 18.8 Å². The van der Waals surface area contributed by atoms with Gasteiger partial charge in [0, 0.05) is 5.92 Å². The minimum atomic E-state index is -0.580. The summed E-state index contributed by atoms with van der Waals surface area (Å²) in [5, 5.41) is 10.9. The zero-order valence-corrected chi connectivity index (χ0v) is 11.6. The molecule has 0 bridgehead atoms. The molecule has 2 aromatic rings. The number of halogens is 1. The largest absolute Gasteiger partial charge is 0.373 e. The highest BCUT2D eigenvalue weighted by atomic mass is 35.5. The summed E-state index contributed by atoms with van der Waals surface area (Å²) in [7, 11) is 0. The molecule has 2 aromatic heterocycles. The van der Waals surface area contributed by atoms with E-state index < -0.39 is 6.23 Å². The van der Waals surface area contributed by atoms with Crippen LogP contribution in [0.5, 0.6) is 0 Å². The van der Waals surface area contributed by atoms with Gasteiger partial charge >= 0.3 is 0 Å². The topological polar surface area (TPSA) is 63.8 Å². The molecular formula is C13H17ClN4O. The third-order valence-electron chi connectivity index (χ3n) is 4.08. The molecule has 1 unspecified atom stereocenters. The van der Waals surface area contributed by atoms with E-state index >= 15 is 0 Å². The second kappa shape index (κ2) is 5.06. The maximum absolute atomic E-state index is 10.5. The van der Waals surface area contributed by atoms with E-state index in [1.165, 1.54) is 19.2 Å². The van der Waals surface area contributed by atoms with Gasteiger partial charge in [-0.1, -0.05) is 31.4 Å². The summed E-state index contributed by atoms with van der Waals surface area (Å²) in [6, 6.07) is 0. The van der Waals surface area contributed by atoms with E-state index in [0.29, 0.717) is 16.3 Å².